The lowest BCUT2D eigenvalue weighted by Crippen LogP contribution is -2.05. The van der Waals surface area contributed by atoms with Crippen LogP contribution < -0.4 is 29.6 Å². The van der Waals surface area contributed by atoms with Crippen LogP contribution in [-0.2, 0) is 20.2 Å². The first-order valence-electron chi connectivity index (χ1n) is 19.0. The van der Waals surface area contributed by atoms with Crippen molar-refractivity contribution in [3.8, 4) is 46.5 Å². The molecular formula is C46H32N6O10S2-2. The number of anilines is 4. The Morgan fingerprint density at radius 2 is 0.672 bits per heavy atom. The summed E-state index contributed by atoms with van der Waals surface area (Å²) in [4.78, 5) is 16.2. The van der Waals surface area contributed by atoms with Crippen molar-refractivity contribution < 1.29 is 44.9 Å². The summed E-state index contributed by atoms with van der Waals surface area (Å²) in [7, 11) is -10.3. The molecule has 0 aliphatic heterocycles. The third-order valence-electron chi connectivity index (χ3n) is 8.74. The van der Waals surface area contributed by atoms with E-state index in [2.05, 4.69) is 30.6 Å². The fraction of sp³-hybridized carbons (Fsp3) is 0. The van der Waals surface area contributed by atoms with Gasteiger partial charge in [0.25, 0.3) is 0 Å². The van der Waals surface area contributed by atoms with Gasteiger partial charge in [-0.1, -0.05) is 97.1 Å². The first kappa shape index (κ1) is 42.5. The molecule has 16 nitrogen and oxygen atoms in total. The summed E-state index contributed by atoms with van der Waals surface area (Å²) < 4.78 is 99.3. The maximum Gasteiger partial charge on any atom is 0.233 e. The maximum atomic E-state index is 12.6. The zero-order chi connectivity index (χ0) is 44.5. The molecule has 8 aromatic rings. The summed E-state index contributed by atoms with van der Waals surface area (Å²) >= 11 is 0. The number of aromatic nitrogens is 4. The lowest BCUT2D eigenvalue weighted by atomic mass is 10.1. The summed E-state index contributed by atoms with van der Waals surface area (Å²) in [6.07, 6.45) is 2.39. The number of nitrogens with zero attached hydrogens (tertiary/aromatic N) is 4. The SMILES string of the molecule is O=S(=O)([O-])c1cc(Nc2nc(Oc3ccccc3)cc(Oc3ccccc3)n2)ccc1/C=C/c1ccc(Nc2nc(Oc3ccccc3)cc(Oc3ccccc3)n2)cc1S(=O)(=O)[O-]. The molecule has 0 saturated heterocycles. The van der Waals surface area contributed by atoms with Crippen molar-refractivity contribution in [3.63, 3.8) is 0 Å². The van der Waals surface area contributed by atoms with E-state index in [1.807, 2.05) is 24.3 Å². The second-order valence-corrected chi connectivity index (χ2v) is 16.1. The Balaban J connectivity index is 1.07. The number of hydrogen-bond donors (Lipinski definition) is 2. The Morgan fingerprint density at radius 3 is 0.938 bits per heavy atom. The summed E-state index contributed by atoms with van der Waals surface area (Å²) in [6.45, 7) is 0. The molecule has 64 heavy (non-hydrogen) atoms. The van der Waals surface area contributed by atoms with E-state index in [1.165, 1.54) is 48.6 Å². The van der Waals surface area contributed by atoms with Crippen LogP contribution in [0, 0.1) is 0 Å². The van der Waals surface area contributed by atoms with E-state index in [1.54, 1.807) is 97.1 Å². The average Bonchev–Trinajstić information content (AvgIpc) is 3.27. The highest BCUT2D eigenvalue weighted by molar-refractivity contribution is 7.86. The molecule has 0 amide bonds. The largest absolute Gasteiger partial charge is 0.744 e. The minimum Gasteiger partial charge on any atom is -0.744 e. The average molecular weight is 893 g/mol. The number of rotatable bonds is 16. The van der Waals surface area contributed by atoms with Crippen molar-refractivity contribution in [1.29, 1.82) is 0 Å². The van der Waals surface area contributed by atoms with Crippen LogP contribution in [0.1, 0.15) is 11.1 Å². The predicted octanol–water partition coefficient (Wildman–Crippen LogP) is 9.90. The van der Waals surface area contributed by atoms with Gasteiger partial charge < -0.3 is 38.7 Å². The molecule has 0 spiro atoms. The number of benzene rings is 6. The number of nitrogens with one attached hydrogen (secondary N) is 2. The van der Waals surface area contributed by atoms with Crippen molar-refractivity contribution in [3.05, 3.63) is 181 Å². The highest BCUT2D eigenvalue weighted by Gasteiger charge is 2.16. The van der Waals surface area contributed by atoms with Gasteiger partial charge in [-0.15, -0.1) is 0 Å². The first-order valence-corrected chi connectivity index (χ1v) is 21.8. The molecule has 6 aromatic carbocycles. The topological polar surface area (TPSA) is 227 Å². The first-order chi connectivity index (χ1) is 30.9. The summed E-state index contributed by atoms with van der Waals surface area (Å²) in [5.74, 6) is 2.16. The Hall–Kier alpha value is -8.16. The standard InChI is InChI=1S/C46H34N6O10S2/c53-63(54,55)39-27-33(47-45-49-41(59-35-13-5-1-6-14-35)29-42(50-45)60-36-15-7-2-8-16-36)25-23-31(39)21-22-32-24-26-34(28-40(32)64(56,57)58)48-46-51-43(61-37-17-9-3-10-18-37)30-44(52-46)62-38-19-11-4-12-20-38/h1-30H,(H,47,49,50)(H,48,51,52)(H,53,54,55)(H,56,57,58)/p-2/b22-21+. The van der Waals surface area contributed by atoms with E-state index in [0.29, 0.717) is 23.0 Å². The van der Waals surface area contributed by atoms with Crippen molar-refractivity contribution in [2.45, 2.75) is 9.79 Å². The van der Waals surface area contributed by atoms with Gasteiger partial charge in [0.15, 0.2) is 0 Å². The van der Waals surface area contributed by atoms with Crippen LogP contribution in [0.25, 0.3) is 12.2 Å². The molecule has 18 heteroatoms. The molecule has 0 unspecified atom stereocenters. The predicted molar refractivity (Wildman–Crippen MR) is 234 cm³/mol. The van der Waals surface area contributed by atoms with Crippen molar-refractivity contribution in [2.75, 3.05) is 10.6 Å². The molecule has 0 radical (unpaired) electrons. The van der Waals surface area contributed by atoms with E-state index in [-0.39, 0.29) is 57.9 Å². The van der Waals surface area contributed by atoms with Gasteiger partial charge in [0.1, 0.15) is 43.2 Å². The highest BCUT2D eigenvalue weighted by Crippen LogP contribution is 2.32. The Kier molecular flexibility index (Phi) is 12.5. The van der Waals surface area contributed by atoms with Crippen LogP contribution in [0.3, 0.4) is 0 Å². The van der Waals surface area contributed by atoms with Gasteiger partial charge in [0, 0.05) is 11.4 Å². The number of ether oxygens (including phenoxy) is 4. The third-order valence-corrected chi connectivity index (χ3v) is 10.5. The zero-order valence-corrected chi connectivity index (χ0v) is 34.6. The summed E-state index contributed by atoms with van der Waals surface area (Å²) in [5.41, 5.74) is -0.0150. The Morgan fingerprint density at radius 1 is 0.391 bits per heavy atom. The lowest BCUT2D eigenvalue weighted by Gasteiger charge is -2.16. The third kappa shape index (κ3) is 11.4. The van der Waals surface area contributed by atoms with E-state index in [0.717, 1.165) is 12.1 Å². The Labute approximate surface area is 367 Å². The molecule has 2 aromatic heterocycles. The monoisotopic (exact) mass is 892 g/mol. The molecule has 0 bridgehead atoms. The van der Waals surface area contributed by atoms with E-state index >= 15 is 0 Å². The van der Waals surface area contributed by atoms with Gasteiger partial charge in [0.2, 0.25) is 35.4 Å². The quantitative estimate of drug-likeness (QED) is 0.0679. The molecule has 0 fully saturated rings. The van der Waals surface area contributed by atoms with E-state index in [4.69, 9.17) is 18.9 Å². The normalized spacial score (nSPS) is 11.5. The van der Waals surface area contributed by atoms with Gasteiger partial charge in [-0.2, -0.15) is 19.9 Å². The lowest BCUT2D eigenvalue weighted by molar-refractivity contribution is 0.434. The molecule has 2 N–H and O–H groups in total. The van der Waals surface area contributed by atoms with Gasteiger partial charge in [0.05, 0.1) is 21.9 Å². The molecule has 2 heterocycles. The summed E-state index contributed by atoms with van der Waals surface area (Å²) in [5, 5.41) is 5.79. The minimum atomic E-state index is -5.13. The molecule has 0 saturated carbocycles. The fourth-order valence-electron chi connectivity index (χ4n) is 5.94. The van der Waals surface area contributed by atoms with Crippen molar-refractivity contribution in [2.24, 2.45) is 0 Å². The van der Waals surface area contributed by atoms with Gasteiger partial charge in [-0.3, -0.25) is 0 Å². The smallest absolute Gasteiger partial charge is 0.233 e. The van der Waals surface area contributed by atoms with Crippen molar-refractivity contribution in [1.82, 2.24) is 19.9 Å². The molecule has 0 atom stereocenters. The number of para-hydroxylation sites is 4. The van der Waals surface area contributed by atoms with Crippen LogP contribution in [0.15, 0.2) is 180 Å². The van der Waals surface area contributed by atoms with Crippen molar-refractivity contribution >= 4 is 55.7 Å². The number of hydrogen-bond acceptors (Lipinski definition) is 16. The maximum absolute atomic E-state index is 12.6. The van der Waals surface area contributed by atoms with Crippen LogP contribution in [0.5, 0.6) is 46.5 Å². The highest BCUT2D eigenvalue weighted by atomic mass is 32.2. The van der Waals surface area contributed by atoms with E-state index < -0.39 is 30.0 Å². The second-order valence-electron chi connectivity index (χ2n) is 13.4. The van der Waals surface area contributed by atoms with Crippen LogP contribution >= 0.6 is 0 Å². The van der Waals surface area contributed by atoms with Crippen LogP contribution in [0.2, 0.25) is 0 Å². The molecule has 0 aliphatic carbocycles. The molecular weight excluding hydrogens is 861 g/mol. The minimum absolute atomic E-state index is 0.0586. The van der Waals surface area contributed by atoms with Gasteiger partial charge in [-0.05, 0) is 83.9 Å². The summed E-state index contributed by atoms with van der Waals surface area (Å²) in [6, 6.07) is 45.9. The molecule has 320 valence electrons. The zero-order valence-electron chi connectivity index (χ0n) is 33.0. The molecule has 8 rings (SSSR count). The Bertz CT molecular complexity index is 2840. The van der Waals surface area contributed by atoms with Gasteiger partial charge >= 0.3 is 0 Å². The van der Waals surface area contributed by atoms with Crippen LogP contribution in [0.4, 0.5) is 23.3 Å². The second kappa shape index (κ2) is 18.8. The fourth-order valence-corrected chi connectivity index (χ4v) is 7.33. The van der Waals surface area contributed by atoms with E-state index in [9.17, 15) is 25.9 Å². The van der Waals surface area contributed by atoms with Crippen LogP contribution in [-0.4, -0.2) is 45.9 Å². The molecule has 0 aliphatic rings. The van der Waals surface area contributed by atoms with Gasteiger partial charge in [-0.25, -0.2) is 16.8 Å².